The minimum atomic E-state index is -0.929. The number of hydrogen-bond acceptors (Lipinski definition) is 11. The third-order valence-electron chi connectivity index (χ3n) is 4.72. The SMILES string of the molecule is N[B]SC(=O)CCCCCNC(=O)COCCOCCNC(=O)COCCOCCNC(=O)CCCC(=O)O. The molecule has 0 fully saturated rings. The van der Waals surface area contributed by atoms with Gasteiger partial charge in [0, 0.05) is 38.9 Å². The minimum absolute atomic E-state index is 0.0393. The van der Waals surface area contributed by atoms with Crippen LogP contribution >= 0.6 is 11.6 Å². The van der Waals surface area contributed by atoms with E-state index in [2.05, 4.69) is 16.0 Å². The molecular weight excluding hydrogens is 535 g/mol. The summed E-state index contributed by atoms with van der Waals surface area (Å²) < 4.78 is 21.0. The highest BCUT2D eigenvalue weighted by Gasteiger charge is 2.05. The summed E-state index contributed by atoms with van der Waals surface area (Å²) in [5, 5.41) is 16.6. The van der Waals surface area contributed by atoms with Gasteiger partial charge in [0.2, 0.25) is 17.7 Å². The molecule has 0 aromatic carbocycles. The van der Waals surface area contributed by atoms with Gasteiger partial charge in [-0.2, -0.15) is 0 Å². The Morgan fingerprint density at radius 3 is 1.72 bits per heavy atom. The molecule has 39 heavy (non-hydrogen) atoms. The molecule has 0 aliphatic carbocycles. The topological polar surface area (TPSA) is 205 Å². The van der Waals surface area contributed by atoms with Gasteiger partial charge in [0.25, 0.3) is 6.69 Å². The van der Waals surface area contributed by atoms with E-state index in [1.165, 1.54) is 6.69 Å². The first-order valence-corrected chi connectivity index (χ1v) is 13.8. The molecule has 0 bridgehead atoms. The van der Waals surface area contributed by atoms with Crippen molar-refractivity contribution in [2.45, 2.75) is 44.9 Å². The van der Waals surface area contributed by atoms with Crippen molar-refractivity contribution >= 4 is 47.1 Å². The number of carbonyl (C=O) groups is 5. The van der Waals surface area contributed by atoms with Gasteiger partial charge >= 0.3 is 5.97 Å². The van der Waals surface area contributed by atoms with Crippen LogP contribution in [-0.2, 0) is 42.9 Å². The minimum Gasteiger partial charge on any atom is -0.481 e. The summed E-state index contributed by atoms with van der Waals surface area (Å²) in [4.78, 5) is 56.5. The molecule has 0 aliphatic rings. The Morgan fingerprint density at radius 1 is 0.615 bits per heavy atom. The monoisotopic (exact) mass is 577 g/mol. The van der Waals surface area contributed by atoms with Crippen LogP contribution in [-0.4, -0.2) is 113 Å². The second kappa shape index (κ2) is 27.3. The second-order valence-electron chi connectivity index (χ2n) is 8.06. The average molecular weight is 577 g/mol. The Balaban J connectivity index is 3.36. The van der Waals surface area contributed by atoms with E-state index in [0.29, 0.717) is 32.5 Å². The molecule has 0 rings (SSSR count). The number of carboxylic acids is 1. The molecule has 0 saturated carbocycles. The zero-order chi connectivity index (χ0) is 29.0. The lowest BCUT2D eigenvalue weighted by molar-refractivity contribution is -0.137. The highest BCUT2D eigenvalue weighted by atomic mass is 32.2. The first-order valence-electron chi connectivity index (χ1n) is 12.9. The van der Waals surface area contributed by atoms with Gasteiger partial charge in [0.05, 0.1) is 39.6 Å². The molecule has 0 aliphatic heterocycles. The van der Waals surface area contributed by atoms with Crippen molar-refractivity contribution in [2.75, 3.05) is 72.5 Å². The predicted octanol–water partition coefficient (Wildman–Crippen LogP) is -1.03. The number of ether oxygens (including phenoxy) is 4. The fourth-order valence-electron chi connectivity index (χ4n) is 2.82. The van der Waals surface area contributed by atoms with Crippen molar-refractivity contribution in [1.82, 2.24) is 16.0 Å². The Labute approximate surface area is 234 Å². The zero-order valence-electron chi connectivity index (χ0n) is 22.4. The van der Waals surface area contributed by atoms with Crippen LogP contribution in [0.25, 0.3) is 0 Å². The van der Waals surface area contributed by atoms with E-state index in [9.17, 15) is 24.0 Å². The molecule has 16 heteroatoms. The number of rotatable bonds is 27. The molecule has 0 spiro atoms. The zero-order valence-corrected chi connectivity index (χ0v) is 23.2. The third kappa shape index (κ3) is 28.6. The van der Waals surface area contributed by atoms with Crippen molar-refractivity contribution in [3.05, 3.63) is 0 Å². The van der Waals surface area contributed by atoms with Crippen LogP contribution in [0, 0.1) is 0 Å². The van der Waals surface area contributed by atoms with Crippen LogP contribution < -0.4 is 21.6 Å². The molecule has 0 heterocycles. The summed E-state index contributed by atoms with van der Waals surface area (Å²) >= 11 is 0.999. The first kappa shape index (κ1) is 36.8. The molecule has 1 radical (unpaired) electrons. The van der Waals surface area contributed by atoms with E-state index in [0.717, 1.165) is 30.9 Å². The van der Waals surface area contributed by atoms with Gasteiger partial charge in [0.15, 0.2) is 5.12 Å². The molecule has 3 amide bonds. The Hall–Kier alpha value is -2.24. The Morgan fingerprint density at radius 2 is 1.15 bits per heavy atom. The van der Waals surface area contributed by atoms with Gasteiger partial charge < -0.3 is 45.6 Å². The van der Waals surface area contributed by atoms with Crippen LogP contribution in [0.1, 0.15) is 44.9 Å². The number of nitrogens with one attached hydrogen (secondary N) is 3. The van der Waals surface area contributed by atoms with Crippen molar-refractivity contribution in [2.24, 2.45) is 5.64 Å². The molecule has 0 unspecified atom stereocenters. The fraction of sp³-hybridized carbons (Fsp3) is 0.783. The van der Waals surface area contributed by atoms with Crippen LogP contribution in [0.15, 0.2) is 0 Å². The van der Waals surface area contributed by atoms with E-state index >= 15 is 0 Å². The number of aliphatic carboxylic acids is 1. The average Bonchev–Trinajstić information content (AvgIpc) is 2.89. The van der Waals surface area contributed by atoms with E-state index in [1.807, 2.05) is 0 Å². The maximum atomic E-state index is 11.7. The summed E-state index contributed by atoms with van der Waals surface area (Å²) in [5.74, 6) is -1.66. The molecule has 6 N–H and O–H groups in total. The highest BCUT2D eigenvalue weighted by Crippen LogP contribution is 2.06. The van der Waals surface area contributed by atoms with Crippen molar-refractivity contribution in [3.8, 4) is 0 Å². The van der Waals surface area contributed by atoms with E-state index in [-0.39, 0.29) is 88.5 Å². The maximum absolute atomic E-state index is 11.7. The highest BCUT2D eigenvalue weighted by molar-refractivity contribution is 8.33. The van der Waals surface area contributed by atoms with Crippen LogP contribution in [0.4, 0.5) is 0 Å². The van der Waals surface area contributed by atoms with Crippen molar-refractivity contribution in [1.29, 1.82) is 0 Å². The molecule has 0 aromatic rings. The lowest BCUT2D eigenvalue weighted by Crippen LogP contribution is -2.31. The normalized spacial score (nSPS) is 10.6. The number of carbonyl (C=O) groups excluding carboxylic acids is 4. The van der Waals surface area contributed by atoms with E-state index in [1.54, 1.807) is 0 Å². The summed E-state index contributed by atoms with van der Waals surface area (Å²) in [6.45, 7) is 3.82. The van der Waals surface area contributed by atoms with E-state index in [4.69, 9.17) is 29.7 Å². The number of unbranched alkanes of at least 4 members (excludes halogenated alkanes) is 2. The molecule has 0 saturated heterocycles. The molecular formula is C23H42BN4O10S. The Bertz CT molecular complexity index is 706. The molecule has 0 aromatic heterocycles. The number of nitrogens with two attached hydrogens (primary N) is 1. The first-order chi connectivity index (χ1) is 18.8. The second-order valence-corrected chi connectivity index (χ2v) is 9.03. The number of hydrogen-bond donors (Lipinski definition) is 5. The van der Waals surface area contributed by atoms with Gasteiger partial charge in [-0.25, -0.2) is 0 Å². The smallest absolute Gasteiger partial charge is 0.303 e. The largest absolute Gasteiger partial charge is 0.481 e. The van der Waals surface area contributed by atoms with Gasteiger partial charge in [0.1, 0.15) is 13.2 Å². The summed E-state index contributed by atoms with van der Waals surface area (Å²) in [7, 11) is 0. The lowest BCUT2D eigenvalue weighted by Gasteiger charge is -2.09. The van der Waals surface area contributed by atoms with Gasteiger partial charge in [-0.05, 0) is 19.3 Å². The lowest BCUT2D eigenvalue weighted by atomic mass is 10.2. The predicted molar refractivity (Wildman–Crippen MR) is 145 cm³/mol. The fourth-order valence-corrected chi connectivity index (χ4v) is 3.23. The summed E-state index contributed by atoms with van der Waals surface area (Å²) in [6, 6.07) is 0. The summed E-state index contributed by atoms with van der Waals surface area (Å²) in [5.41, 5.74) is 5.17. The number of carboxylic acid groups (broad SMARTS) is 1. The van der Waals surface area contributed by atoms with E-state index < -0.39 is 5.97 Å². The quantitative estimate of drug-likeness (QED) is 0.0587. The van der Waals surface area contributed by atoms with Crippen LogP contribution in [0.2, 0.25) is 0 Å². The Kier molecular flexibility index (Phi) is 25.8. The third-order valence-corrected chi connectivity index (χ3v) is 5.32. The summed E-state index contributed by atoms with van der Waals surface area (Å²) in [6.07, 6.45) is 3.26. The van der Waals surface area contributed by atoms with Crippen LogP contribution in [0.5, 0.6) is 0 Å². The van der Waals surface area contributed by atoms with Crippen molar-refractivity contribution in [3.63, 3.8) is 0 Å². The standard InChI is InChI=1S/C23H42BN4O10S/c25-24-39-23(34)7-2-1-3-8-26-20(30)17-37-15-14-36-12-10-28-21(31)18-38-16-13-35-11-9-27-19(29)5-4-6-22(32)33/h1-18,25H2,(H,26,30)(H,27,29)(H,28,31)(H,32,33). The van der Waals surface area contributed by atoms with Crippen LogP contribution in [0.3, 0.4) is 0 Å². The van der Waals surface area contributed by atoms with Gasteiger partial charge in [-0.15, -0.1) is 11.6 Å². The molecule has 0 atom stereocenters. The molecule has 223 valence electrons. The maximum Gasteiger partial charge on any atom is 0.303 e. The van der Waals surface area contributed by atoms with Gasteiger partial charge in [-0.1, -0.05) is 6.42 Å². The number of amides is 3. The van der Waals surface area contributed by atoms with Gasteiger partial charge in [-0.3, -0.25) is 24.0 Å². The van der Waals surface area contributed by atoms with Crippen molar-refractivity contribution < 1.29 is 48.0 Å². The molecule has 14 nitrogen and oxygen atoms in total.